The van der Waals surface area contributed by atoms with E-state index in [0.29, 0.717) is 12.2 Å². The maximum atomic E-state index is 13.3. The molecular formula is C16H16FNO2. The molecule has 0 saturated heterocycles. The van der Waals surface area contributed by atoms with Crippen LogP contribution in [0.25, 0.3) is 6.08 Å². The molecule has 0 aliphatic heterocycles. The van der Waals surface area contributed by atoms with Crippen molar-refractivity contribution in [2.75, 3.05) is 0 Å². The Bertz CT molecular complexity index is 576. The molecule has 0 aromatic heterocycles. The summed E-state index contributed by atoms with van der Waals surface area (Å²) in [6, 6.07) is 4.50. The molecule has 0 heterocycles. The Morgan fingerprint density at radius 1 is 1.50 bits per heavy atom. The van der Waals surface area contributed by atoms with Gasteiger partial charge in [-0.15, -0.1) is 5.16 Å². The number of nitrogens with zero attached hydrogens (tertiary/aromatic N) is 1. The molecule has 0 fully saturated rings. The highest BCUT2D eigenvalue weighted by Crippen LogP contribution is 2.23. The predicted octanol–water partition coefficient (Wildman–Crippen LogP) is 3.91. The molecule has 1 N–H and O–H groups in total. The number of halogens is 1. The molecule has 1 aliphatic rings. The highest BCUT2D eigenvalue weighted by molar-refractivity contribution is 5.64. The molecule has 1 aliphatic carbocycles. The number of hydrogen-bond acceptors (Lipinski definition) is 3. The monoisotopic (exact) mass is 273 g/mol. The molecule has 104 valence electrons. The van der Waals surface area contributed by atoms with E-state index in [4.69, 9.17) is 9.94 Å². The molecule has 1 unspecified atom stereocenters. The summed E-state index contributed by atoms with van der Waals surface area (Å²) in [5.41, 5.74) is 1.57. The lowest BCUT2D eigenvalue weighted by Gasteiger charge is -2.18. The summed E-state index contributed by atoms with van der Waals surface area (Å²) in [5.74, 6) is 0.301. The maximum Gasteiger partial charge on any atom is 0.123 e. The molecule has 0 bridgehead atoms. The third-order valence-electron chi connectivity index (χ3n) is 3.12. The lowest BCUT2D eigenvalue weighted by atomic mass is 10.00. The zero-order valence-electron chi connectivity index (χ0n) is 11.0. The van der Waals surface area contributed by atoms with Crippen molar-refractivity contribution < 1.29 is 14.3 Å². The summed E-state index contributed by atoms with van der Waals surface area (Å²) < 4.78 is 19.0. The van der Waals surface area contributed by atoms with Gasteiger partial charge < -0.3 is 9.94 Å². The van der Waals surface area contributed by atoms with Crippen molar-refractivity contribution in [3.8, 4) is 0 Å². The maximum absolute atomic E-state index is 13.3. The average Bonchev–Trinajstić information content (AvgIpc) is 2.47. The van der Waals surface area contributed by atoms with E-state index >= 15 is 0 Å². The van der Waals surface area contributed by atoms with Crippen molar-refractivity contribution in [2.45, 2.75) is 13.0 Å². The number of allylic oxidation sites excluding steroid dienone is 4. The number of rotatable bonds is 5. The van der Waals surface area contributed by atoms with Crippen molar-refractivity contribution in [1.29, 1.82) is 0 Å². The SMILES string of the molecule is C=Cc1ccc(F)cc1COC1=CC=CCC1/C=N/O. The Labute approximate surface area is 117 Å². The van der Waals surface area contributed by atoms with Gasteiger partial charge >= 0.3 is 0 Å². The number of oxime groups is 1. The fraction of sp³-hybridized carbons (Fsp3) is 0.188. The Kier molecular flexibility index (Phi) is 4.71. The molecule has 0 amide bonds. The predicted molar refractivity (Wildman–Crippen MR) is 76.9 cm³/mol. The molecule has 0 radical (unpaired) electrons. The van der Waals surface area contributed by atoms with Crippen molar-refractivity contribution in [2.24, 2.45) is 11.1 Å². The Balaban J connectivity index is 2.11. The van der Waals surface area contributed by atoms with Crippen LogP contribution in [0.2, 0.25) is 0 Å². The van der Waals surface area contributed by atoms with Crippen LogP contribution < -0.4 is 0 Å². The van der Waals surface area contributed by atoms with E-state index in [0.717, 1.165) is 11.1 Å². The van der Waals surface area contributed by atoms with Crippen LogP contribution in [0.3, 0.4) is 0 Å². The fourth-order valence-corrected chi connectivity index (χ4v) is 2.06. The molecule has 1 atom stereocenters. The van der Waals surface area contributed by atoms with Gasteiger partial charge in [-0.3, -0.25) is 0 Å². The van der Waals surface area contributed by atoms with Crippen molar-refractivity contribution >= 4 is 12.3 Å². The smallest absolute Gasteiger partial charge is 0.123 e. The molecule has 0 spiro atoms. The summed E-state index contributed by atoms with van der Waals surface area (Å²) >= 11 is 0. The fourth-order valence-electron chi connectivity index (χ4n) is 2.06. The van der Waals surface area contributed by atoms with Crippen LogP contribution in [0.1, 0.15) is 17.5 Å². The van der Waals surface area contributed by atoms with Gasteiger partial charge in [-0.2, -0.15) is 0 Å². The molecular weight excluding hydrogens is 257 g/mol. The van der Waals surface area contributed by atoms with Gasteiger partial charge in [0.25, 0.3) is 0 Å². The van der Waals surface area contributed by atoms with Gasteiger partial charge in [0.1, 0.15) is 18.2 Å². The first-order valence-electron chi connectivity index (χ1n) is 6.32. The molecule has 1 aromatic rings. The van der Waals surface area contributed by atoms with Crippen LogP contribution in [0.5, 0.6) is 0 Å². The van der Waals surface area contributed by atoms with Crippen molar-refractivity contribution in [1.82, 2.24) is 0 Å². The first kappa shape index (κ1) is 14.1. The summed E-state index contributed by atoms with van der Waals surface area (Å²) in [7, 11) is 0. The minimum atomic E-state index is -0.305. The Morgan fingerprint density at radius 3 is 3.10 bits per heavy atom. The van der Waals surface area contributed by atoms with Gasteiger partial charge in [0, 0.05) is 0 Å². The normalized spacial score (nSPS) is 18.1. The van der Waals surface area contributed by atoms with E-state index in [1.54, 1.807) is 12.1 Å². The zero-order valence-corrected chi connectivity index (χ0v) is 11.0. The van der Waals surface area contributed by atoms with E-state index < -0.39 is 0 Å². The summed E-state index contributed by atoms with van der Waals surface area (Å²) in [6.07, 6.45) is 9.49. The largest absolute Gasteiger partial charge is 0.493 e. The number of ether oxygens (including phenoxy) is 1. The van der Waals surface area contributed by atoms with Gasteiger partial charge in [-0.05, 0) is 35.8 Å². The molecule has 2 rings (SSSR count). The minimum Gasteiger partial charge on any atom is -0.493 e. The average molecular weight is 273 g/mol. The second kappa shape index (κ2) is 6.70. The molecule has 4 heteroatoms. The van der Waals surface area contributed by atoms with Gasteiger partial charge in [-0.1, -0.05) is 30.9 Å². The highest BCUT2D eigenvalue weighted by atomic mass is 19.1. The van der Waals surface area contributed by atoms with E-state index in [-0.39, 0.29) is 18.3 Å². The van der Waals surface area contributed by atoms with Gasteiger partial charge in [0.05, 0.1) is 12.1 Å². The topological polar surface area (TPSA) is 41.8 Å². The van der Waals surface area contributed by atoms with E-state index in [1.807, 2.05) is 18.2 Å². The van der Waals surface area contributed by atoms with Gasteiger partial charge in [0.2, 0.25) is 0 Å². The van der Waals surface area contributed by atoms with Crippen LogP contribution in [0.15, 0.2) is 53.9 Å². The Morgan fingerprint density at radius 2 is 2.35 bits per heavy atom. The molecule has 0 saturated carbocycles. The second-order valence-corrected chi connectivity index (χ2v) is 4.44. The van der Waals surface area contributed by atoms with Crippen molar-refractivity contribution in [3.05, 3.63) is 65.7 Å². The molecule has 1 aromatic carbocycles. The zero-order chi connectivity index (χ0) is 14.4. The molecule has 3 nitrogen and oxygen atoms in total. The van der Waals surface area contributed by atoms with Gasteiger partial charge in [0.15, 0.2) is 0 Å². The third kappa shape index (κ3) is 3.35. The van der Waals surface area contributed by atoms with Crippen LogP contribution in [-0.4, -0.2) is 11.4 Å². The summed E-state index contributed by atoms with van der Waals surface area (Å²) in [5, 5.41) is 11.7. The lowest BCUT2D eigenvalue weighted by molar-refractivity contribution is 0.176. The highest BCUT2D eigenvalue weighted by Gasteiger charge is 2.15. The van der Waals surface area contributed by atoms with Crippen LogP contribution >= 0.6 is 0 Å². The molecule has 20 heavy (non-hydrogen) atoms. The standard InChI is InChI=1S/C16H16FNO2/c1-2-12-7-8-15(17)9-14(12)11-20-16-6-4-3-5-13(16)10-18-19/h2-4,6-10,13,19H,1,5,11H2/b18-10+. The van der Waals surface area contributed by atoms with Crippen LogP contribution in [0, 0.1) is 11.7 Å². The number of hydrogen-bond donors (Lipinski definition) is 1. The first-order chi connectivity index (χ1) is 9.74. The van der Waals surface area contributed by atoms with E-state index in [2.05, 4.69) is 11.7 Å². The number of benzene rings is 1. The quantitative estimate of drug-likeness (QED) is 0.502. The van der Waals surface area contributed by atoms with Gasteiger partial charge in [-0.25, -0.2) is 4.39 Å². The Hall–Kier alpha value is -2.36. The second-order valence-electron chi connectivity index (χ2n) is 4.44. The minimum absolute atomic E-state index is 0.0919. The first-order valence-corrected chi connectivity index (χ1v) is 6.32. The van der Waals surface area contributed by atoms with Crippen molar-refractivity contribution in [3.63, 3.8) is 0 Å². The van der Waals surface area contributed by atoms with E-state index in [9.17, 15) is 4.39 Å². The lowest BCUT2D eigenvalue weighted by Crippen LogP contribution is -2.11. The summed E-state index contributed by atoms with van der Waals surface area (Å²) in [4.78, 5) is 0. The summed E-state index contributed by atoms with van der Waals surface area (Å²) in [6.45, 7) is 3.95. The third-order valence-corrected chi connectivity index (χ3v) is 3.12. The van der Waals surface area contributed by atoms with Crippen LogP contribution in [-0.2, 0) is 11.3 Å². The van der Waals surface area contributed by atoms with Crippen LogP contribution in [0.4, 0.5) is 4.39 Å². The van der Waals surface area contributed by atoms with E-state index in [1.165, 1.54) is 18.3 Å².